The van der Waals surface area contributed by atoms with Gasteiger partial charge in [-0.2, -0.15) is 0 Å². The standard InChI is InChI=1S/C45H83NO5Si4/c1-42(2,3)52(13,14)48-33-38-40(50-54(17,18)44(7,8)9)41(51-55(19,20)45(10,11)12)39(49-53(15,16)43(4,5)6)31-46(38)30-36-25-21-34(22-26-36)29-35-23-27-37(32-47)28-24-35/h21-28,38-41,47H,29-33H2,1-20H3/t38-,39?,40?,41?/m1/s1. The molecule has 0 saturated carbocycles. The maximum Gasteiger partial charge on any atom is 0.192 e. The average Bonchev–Trinajstić information content (AvgIpc) is 3.01. The Labute approximate surface area is 343 Å². The van der Waals surface area contributed by atoms with Crippen molar-refractivity contribution in [3.05, 3.63) is 70.8 Å². The third kappa shape index (κ3) is 12.3. The molecule has 1 saturated heterocycles. The van der Waals surface area contributed by atoms with E-state index in [0.717, 1.165) is 25.1 Å². The second-order valence-corrected chi connectivity index (χ2v) is 41.7. The molecule has 0 aliphatic carbocycles. The molecule has 0 spiro atoms. The Kier molecular flexibility index (Phi) is 15.3. The highest BCUT2D eigenvalue weighted by Crippen LogP contribution is 2.46. The number of nitrogens with zero attached hydrogens (tertiary/aromatic N) is 1. The summed E-state index contributed by atoms with van der Waals surface area (Å²) in [7, 11) is -8.90. The van der Waals surface area contributed by atoms with Crippen molar-refractivity contribution < 1.29 is 22.8 Å². The maximum atomic E-state index is 9.49. The molecule has 2 aromatic carbocycles. The zero-order valence-electron chi connectivity index (χ0n) is 39.0. The number of hydrogen-bond donors (Lipinski definition) is 1. The van der Waals surface area contributed by atoms with Crippen LogP contribution in [0.2, 0.25) is 72.5 Å². The van der Waals surface area contributed by atoms with Crippen LogP contribution in [0.25, 0.3) is 0 Å². The monoisotopic (exact) mass is 830 g/mol. The number of aliphatic hydroxyl groups excluding tert-OH is 1. The van der Waals surface area contributed by atoms with Gasteiger partial charge in [-0.1, -0.05) is 132 Å². The fourth-order valence-electron chi connectivity index (χ4n) is 5.98. The fourth-order valence-corrected chi connectivity index (χ4v) is 11.0. The summed E-state index contributed by atoms with van der Waals surface area (Å²) >= 11 is 0. The quantitative estimate of drug-likeness (QED) is 0.191. The highest BCUT2D eigenvalue weighted by Gasteiger charge is 2.55. The molecule has 3 unspecified atom stereocenters. The molecule has 0 radical (unpaired) electrons. The van der Waals surface area contributed by atoms with Crippen LogP contribution >= 0.6 is 0 Å². The minimum Gasteiger partial charge on any atom is -0.415 e. The van der Waals surface area contributed by atoms with Crippen LogP contribution in [0.1, 0.15) is 105 Å². The topological polar surface area (TPSA) is 60.4 Å². The normalized spacial score (nSPS) is 21.6. The van der Waals surface area contributed by atoms with Gasteiger partial charge in [-0.3, -0.25) is 4.90 Å². The molecule has 10 heteroatoms. The first-order valence-corrected chi connectivity index (χ1v) is 32.5. The zero-order valence-corrected chi connectivity index (χ0v) is 43.0. The first kappa shape index (κ1) is 48.4. The van der Waals surface area contributed by atoms with Gasteiger partial charge in [0, 0.05) is 13.1 Å². The zero-order chi connectivity index (χ0) is 42.2. The van der Waals surface area contributed by atoms with Gasteiger partial charge in [-0.15, -0.1) is 0 Å². The van der Waals surface area contributed by atoms with Crippen LogP contribution < -0.4 is 0 Å². The van der Waals surface area contributed by atoms with E-state index in [1.54, 1.807) is 0 Å². The van der Waals surface area contributed by atoms with Gasteiger partial charge in [0.25, 0.3) is 0 Å². The minimum absolute atomic E-state index is 0.0120. The van der Waals surface area contributed by atoms with Crippen molar-refractivity contribution in [2.75, 3.05) is 13.2 Å². The first-order valence-electron chi connectivity index (χ1n) is 20.9. The summed E-state index contributed by atoms with van der Waals surface area (Å²) in [6, 6.07) is 17.4. The smallest absolute Gasteiger partial charge is 0.192 e. The second-order valence-electron chi connectivity index (χ2n) is 22.6. The van der Waals surface area contributed by atoms with E-state index in [0.29, 0.717) is 6.61 Å². The van der Waals surface area contributed by atoms with E-state index in [4.69, 9.17) is 17.7 Å². The summed E-state index contributed by atoms with van der Waals surface area (Å²) in [5, 5.41) is 9.68. The van der Waals surface area contributed by atoms with Crippen LogP contribution in [-0.4, -0.2) is 80.8 Å². The lowest BCUT2D eigenvalue weighted by Crippen LogP contribution is -2.70. The maximum absolute atomic E-state index is 9.49. The van der Waals surface area contributed by atoms with Crippen molar-refractivity contribution >= 4 is 33.3 Å². The molecule has 0 bridgehead atoms. The van der Waals surface area contributed by atoms with Crippen LogP contribution in [0.5, 0.6) is 0 Å². The van der Waals surface area contributed by atoms with Gasteiger partial charge in [0.15, 0.2) is 33.3 Å². The molecular formula is C45H83NO5Si4. The molecule has 314 valence electrons. The summed E-state index contributed by atoms with van der Waals surface area (Å²) in [5.74, 6) is 0. The van der Waals surface area contributed by atoms with Crippen molar-refractivity contribution in [2.45, 2.75) is 200 Å². The van der Waals surface area contributed by atoms with Gasteiger partial charge >= 0.3 is 0 Å². The molecule has 3 rings (SSSR count). The van der Waals surface area contributed by atoms with Crippen LogP contribution in [0.4, 0.5) is 0 Å². The van der Waals surface area contributed by atoms with Crippen LogP contribution in [0.3, 0.4) is 0 Å². The van der Waals surface area contributed by atoms with Crippen molar-refractivity contribution in [3.8, 4) is 0 Å². The average molecular weight is 831 g/mol. The molecule has 0 aromatic heterocycles. The number of aliphatic hydroxyl groups is 1. The molecular weight excluding hydrogens is 747 g/mol. The Morgan fingerprint density at radius 1 is 0.527 bits per heavy atom. The Morgan fingerprint density at radius 2 is 0.891 bits per heavy atom. The predicted octanol–water partition coefficient (Wildman–Crippen LogP) is 12.1. The van der Waals surface area contributed by atoms with Gasteiger partial charge < -0.3 is 22.8 Å². The van der Waals surface area contributed by atoms with E-state index in [-0.39, 0.29) is 51.1 Å². The highest BCUT2D eigenvalue weighted by atomic mass is 28.4. The van der Waals surface area contributed by atoms with Gasteiger partial charge in [-0.25, -0.2) is 0 Å². The molecule has 1 heterocycles. The third-order valence-corrected chi connectivity index (χ3v) is 32.1. The van der Waals surface area contributed by atoms with Crippen LogP contribution in [-0.2, 0) is 37.3 Å². The van der Waals surface area contributed by atoms with E-state index in [9.17, 15) is 5.11 Å². The predicted molar refractivity (Wildman–Crippen MR) is 245 cm³/mol. The van der Waals surface area contributed by atoms with Crippen molar-refractivity contribution in [3.63, 3.8) is 0 Å². The number of benzene rings is 2. The second kappa shape index (κ2) is 17.3. The summed E-state index contributed by atoms with van der Waals surface area (Å²) in [6.07, 6.45) is 0.281. The molecule has 1 fully saturated rings. The summed E-state index contributed by atoms with van der Waals surface area (Å²) in [4.78, 5) is 2.64. The Bertz CT molecular complexity index is 1510. The van der Waals surface area contributed by atoms with E-state index in [2.05, 4.69) is 177 Å². The Morgan fingerprint density at radius 3 is 1.29 bits per heavy atom. The van der Waals surface area contributed by atoms with E-state index < -0.39 is 33.3 Å². The molecule has 1 N–H and O–H groups in total. The summed E-state index contributed by atoms with van der Waals surface area (Å²) in [5.41, 5.74) is 4.74. The van der Waals surface area contributed by atoms with Crippen molar-refractivity contribution in [1.29, 1.82) is 0 Å². The lowest BCUT2D eigenvalue weighted by molar-refractivity contribution is -0.130. The molecule has 55 heavy (non-hydrogen) atoms. The molecule has 2 aromatic rings. The number of piperidine rings is 1. The number of likely N-dealkylation sites (tertiary alicyclic amines) is 1. The Hall–Kier alpha value is -0.932. The van der Waals surface area contributed by atoms with Gasteiger partial charge in [-0.05, 0) is 101 Å². The van der Waals surface area contributed by atoms with Crippen molar-refractivity contribution in [1.82, 2.24) is 4.90 Å². The van der Waals surface area contributed by atoms with Crippen molar-refractivity contribution in [2.24, 2.45) is 0 Å². The first-order chi connectivity index (χ1) is 24.7. The lowest BCUT2D eigenvalue weighted by Gasteiger charge is -2.56. The number of hydrogen-bond acceptors (Lipinski definition) is 6. The molecule has 0 amide bonds. The molecule has 4 atom stereocenters. The third-order valence-electron chi connectivity index (χ3n) is 14.1. The fraction of sp³-hybridized carbons (Fsp3) is 0.733. The van der Waals surface area contributed by atoms with E-state index >= 15 is 0 Å². The lowest BCUT2D eigenvalue weighted by atomic mass is 9.93. The van der Waals surface area contributed by atoms with Gasteiger partial charge in [0.1, 0.15) is 0 Å². The minimum atomic E-state index is -2.30. The SMILES string of the molecule is CC(C)(C)[Si](C)(C)OC[C@@H]1C(O[Si](C)(C)C(C)(C)C)C(O[Si](C)(C)C(C)(C)C)C(O[Si](C)(C)C(C)(C)C)CN1Cc1ccc(Cc2ccc(CO)cc2)cc1. The van der Waals surface area contributed by atoms with E-state index in [1.165, 1.54) is 16.7 Å². The highest BCUT2D eigenvalue weighted by molar-refractivity contribution is 6.75. The largest absolute Gasteiger partial charge is 0.415 e. The molecule has 6 nitrogen and oxygen atoms in total. The van der Waals surface area contributed by atoms with Gasteiger partial charge in [0.05, 0.1) is 37.6 Å². The van der Waals surface area contributed by atoms with E-state index in [1.807, 2.05) is 12.1 Å². The number of rotatable bonds is 14. The van der Waals surface area contributed by atoms with Gasteiger partial charge in [0.2, 0.25) is 0 Å². The summed E-state index contributed by atoms with van der Waals surface area (Å²) < 4.78 is 30.1. The Balaban J connectivity index is 2.20. The summed E-state index contributed by atoms with van der Waals surface area (Å²) in [6.45, 7) is 49.3. The molecule has 1 aliphatic heterocycles. The van der Waals surface area contributed by atoms with Crippen LogP contribution in [0, 0.1) is 0 Å². The molecule has 1 aliphatic rings. The van der Waals surface area contributed by atoms with Crippen LogP contribution in [0.15, 0.2) is 48.5 Å².